The van der Waals surface area contributed by atoms with Crippen LogP contribution in [0.1, 0.15) is 30.1 Å². The maximum absolute atomic E-state index is 13.3. The number of nitrogens with zero attached hydrogens (tertiary/aromatic N) is 1. The molecule has 156 valence electrons. The van der Waals surface area contributed by atoms with Gasteiger partial charge in [0.1, 0.15) is 11.6 Å². The zero-order valence-corrected chi connectivity index (χ0v) is 17.1. The first-order valence-corrected chi connectivity index (χ1v) is 11.1. The molecule has 0 bridgehead atoms. The number of halogens is 1. The Balaban J connectivity index is 1.40. The van der Waals surface area contributed by atoms with Gasteiger partial charge in [-0.05, 0) is 68.8 Å². The van der Waals surface area contributed by atoms with Crippen LogP contribution in [0.3, 0.4) is 0 Å². The third-order valence-electron chi connectivity index (χ3n) is 4.85. The van der Waals surface area contributed by atoms with Gasteiger partial charge in [-0.1, -0.05) is 6.07 Å². The number of rotatable bonds is 9. The van der Waals surface area contributed by atoms with Gasteiger partial charge < -0.3 is 9.64 Å². The van der Waals surface area contributed by atoms with Crippen molar-refractivity contribution in [3.05, 3.63) is 59.9 Å². The molecule has 29 heavy (non-hydrogen) atoms. The molecule has 0 amide bonds. The molecule has 1 heterocycles. The average Bonchev–Trinajstić information content (AvgIpc) is 3.12. The molecule has 0 spiro atoms. The maximum atomic E-state index is 13.3. The Morgan fingerprint density at radius 1 is 1.24 bits per heavy atom. The highest BCUT2D eigenvalue weighted by Crippen LogP contribution is 2.16. The largest absolute Gasteiger partial charge is 0.494 e. The molecule has 3 rings (SSSR count). The second-order valence-corrected chi connectivity index (χ2v) is 8.86. The lowest BCUT2D eigenvalue weighted by molar-refractivity contribution is 0.101. The standard InChI is InChI=1S/C21H25FN2O4S/c1-16(25)17-6-8-20(9-7-17)28-13-3-11-24-12-10-19(15-24)23-29(26,27)21-5-2-4-18(22)14-21/h2,4-9,14,19,23H,3,10-13,15H2,1H3. The molecule has 0 radical (unpaired) electrons. The zero-order chi connectivity index (χ0) is 20.9. The van der Waals surface area contributed by atoms with E-state index in [9.17, 15) is 17.6 Å². The van der Waals surface area contributed by atoms with Crippen molar-refractivity contribution < 1.29 is 22.3 Å². The van der Waals surface area contributed by atoms with E-state index in [1.54, 1.807) is 24.3 Å². The van der Waals surface area contributed by atoms with Gasteiger partial charge >= 0.3 is 0 Å². The summed E-state index contributed by atoms with van der Waals surface area (Å²) in [4.78, 5) is 13.4. The van der Waals surface area contributed by atoms with Gasteiger partial charge in [-0.25, -0.2) is 17.5 Å². The minimum absolute atomic E-state index is 0.0214. The number of benzene rings is 2. The minimum atomic E-state index is -3.73. The van der Waals surface area contributed by atoms with Crippen LogP contribution in [0, 0.1) is 5.82 Å². The predicted molar refractivity (Wildman–Crippen MR) is 108 cm³/mol. The first-order valence-electron chi connectivity index (χ1n) is 9.57. The summed E-state index contributed by atoms with van der Waals surface area (Å²) in [5, 5.41) is 0. The highest BCUT2D eigenvalue weighted by molar-refractivity contribution is 7.89. The monoisotopic (exact) mass is 420 g/mol. The van der Waals surface area contributed by atoms with E-state index < -0.39 is 15.8 Å². The maximum Gasteiger partial charge on any atom is 0.240 e. The fraction of sp³-hybridized carbons (Fsp3) is 0.381. The first kappa shape index (κ1) is 21.4. The van der Waals surface area contributed by atoms with Crippen molar-refractivity contribution in [2.45, 2.75) is 30.7 Å². The minimum Gasteiger partial charge on any atom is -0.494 e. The molecule has 2 aromatic carbocycles. The number of hydrogen-bond donors (Lipinski definition) is 1. The van der Waals surface area contributed by atoms with Crippen LogP contribution in [0.2, 0.25) is 0 Å². The molecule has 1 atom stereocenters. The quantitative estimate of drug-likeness (QED) is 0.499. The van der Waals surface area contributed by atoms with Crippen LogP contribution in [0.4, 0.5) is 4.39 Å². The Morgan fingerprint density at radius 2 is 2.00 bits per heavy atom. The van der Waals surface area contributed by atoms with Gasteiger partial charge in [0.15, 0.2) is 5.78 Å². The van der Waals surface area contributed by atoms with Gasteiger partial charge in [-0.15, -0.1) is 0 Å². The number of carbonyl (C=O) groups excluding carboxylic acids is 1. The van der Waals surface area contributed by atoms with Gasteiger partial charge in [0.2, 0.25) is 10.0 Å². The number of ketones is 1. The van der Waals surface area contributed by atoms with E-state index in [-0.39, 0.29) is 16.7 Å². The number of hydrogen-bond acceptors (Lipinski definition) is 5. The van der Waals surface area contributed by atoms with Gasteiger partial charge in [0.05, 0.1) is 11.5 Å². The van der Waals surface area contributed by atoms with E-state index in [2.05, 4.69) is 9.62 Å². The Labute approximate surface area is 170 Å². The fourth-order valence-electron chi connectivity index (χ4n) is 3.32. The SMILES string of the molecule is CC(=O)c1ccc(OCCCN2CCC(NS(=O)(=O)c3cccc(F)c3)C2)cc1. The van der Waals surface area contributed by atoms with Crippen molar-refractivity contribution >= 4 is 15.8 Å². The lowest BCUT2D eigenvalue weighted by atomic mass is 10.1. The molecule has 6 nitrogen and oxygen atoms in total. The molecule has 1 saturated heterocycles. The molecular weight excluding hydrogens is 395 g/mol. The second kappa shape index (κ2) is 9.47. The van der Waals surface area contributed by atoms with Crippen molar-refractivity contribution in [3.63, 3.8) is 0 Å². The van der Waals surface area contributed by atoms with E-state index in [4.69, 9.17) is 4.74 Å². The second-order valence-electron chi connectivity index (χ2n) is 7.15. The van der Waals surface area contributed by atoms with Gasteiger partial charge in [-0.3, -0.25) is 4.79 Å². The van der Waals surface area contributed by atoms with Crippen LogP contribution < -0.4 is 9.46 Å². The summed E-state index contributed by atoms with van der Waals surface area (Å²) in [6, 6.07) is 11.9. The molecule has 1 fully saturated rings. The Morgan fingerprint density at radius 3 is 2.69 bits per heavy atom. The summed E-state index contributed by atoms with van der Waals surface area (Å²) in [5.41, 5.74) is 0.654. The van der Waals surface area contributed by atoms with Crippen LogP contribution in [0.15, 0.2) is 53.4 Å². The molecule has 0 aromatic heterocycles. The number of sulfonamides is 1. The van der Waals surface area contributed by atoms with Crippen molar-refractivity contribution in [2.75, 3.05) is 26.2 Å². The normalized spacial score (nSPS) is 17.4. The summed E-state index contributed by atoms with van der Waals surface area (Å²) < 4.78 is 46.4. The number of nitrogens with one attached hydrogen (secondary N) is 1. The van der Waals surface area contributed by atoms with Gasteiger partial charge in [0.25, 0.3) is 0 Å². The molecule has 1 N–H and O–H groups in total. The molecule has 1 aliphatic rings. The molecule has 0 aliphatic carbocycles. The van der Waals surface area contributed by atoms with Crippen molar-refractivity contribution in [1.82, 2.24) is 9.62 Å². The molecule has 2 aromatic rings. The van der Waals surface area contributed by atoms with Crippen LogP contribution >= 0.6 is 0 Å². The lowest BCUT2D eigenvalue weighted by Crippen LogP contribution is -2.37. The van der Waals surface area contributed by atoms with Crippen LogP contribution in [0.5, 0.6) is 5.75 Å². The molecule has 8 heteroatoms. The Kier molecular flexibility index (Phi) is 7.00. The fourth-order valence-corrected chi connectivity index (χ4v) is 4.61. The summed E-state index contributed by atoms with van der Waals surface area (Å²) in [5.74, 6) is 0.169. The highest BCUT2D eigenvalue weighted by Gasteiger charge is 2.27. The summed E-state index contributed by atoms with van der Waals surface area (Å²) >= 11 is 0. The molecule has 0 saturated carbocycles. The van der Waals surface area contributed by atoms with E-state index >= 15 is 0 Å². The number of likely N-dealkylation sites (tertiary alicyclic amines) is 1. The predicted octanol–water partition coefficient (Wildman–Crippen LogP) is 2.85. The molecule has 1 unspecified atom stereocenters. The lowest BCUT2D eigenvalue weighted by Gasteiger charge is -2.17. The third kappa shape index (κ3) is 6.09. The summed E-state index contributed by atoms with van der Waals surface area (Å²) in [6.45, 7) is 4.27. The zero-order valence-electron chi connectivity index (χ0n) is 16.3. The molecular formula is C21H25FN2O4S. The van der Waals surface area contributed by atoms with E-state index in [0.717, 1.165) is 31.3 Å². The number of Topliss-reactive ketones (excluding diaryl/α,β-unsaturated/α-hetero) is 1. The van der Waals surface area contributed by atoms with Gasteiger partial charge in [-0.2, -0.15) is 0 Å². The van der Waals surface area contributed by atoms with E-state index in [0.29, 0.717) is 25.1 Å². The third-order valence-corrected chi connectivity index (χ3v) is 6.37. The van der Waals surface area contributed by atoms with Crippen molar-refractivity contribution in [3.8, 4) is 5.75 Å². The number of ether oxygens (including phenoxy) is 1. The number of carbonyl (C=O) groups is 1. The highest BCUT2D eigenvalue weighted by atomic mass is 32.2. The first-order chi connectivity index (χ1) is 13.8. The van der Waals surface area contributed by atoms with Gasteiger partial charge in [0, 0.05) is 24.7 Å². The Hall–Kier alpha value is -2.29. The average molecular weight is 421 g/mol. The molecule has 1 aliphatic heterocycles. The van der Waals surface area contributed by atoms with Crippen LogP contribution in [-0.2, 0) is 10.0 Å². The summed E-state index contributed by atoms with van der Waals surface area (Å²) in [6.07, 6.45) is 1.51. The van der Waals surface area contributed by atoms with Crippen LogP contribution in [-0.4, -0.2) is 51.4 Å². The van der Waals surface area contributed by atoms with Crippen molar-refractivity contribution in [2.24, 2.45) is 0 Å². The topological polar surface area (TPSA) is 75.7 Å². The van der Waals surface area contributed by atoms with Crippen molar-refractivity contribution in [1.29, 1.82) is 0 Å². The summed E-state index contributed by atoms with van der Waals surface area (Å²) in [7, 11) is -3.73. The Bertz CT molecular complexity index is 947. The van der Waals surface area contributed by atoms with E-state index in [1.165, 1.54) is 25.1 Å². The van der Waals surface area contributed by atoms with Crippen LogP contribution in [0.25, 0.3) is 0 Å². The smallest absolute Gasteiger partial charge is 0.240 e. The van der Waals surface area contributed by atoms with E-state index in [1.807, 2.05) is 0 Å².